The van der Waals surface area contributed by atoms with E-state index in [9.17, 15) is 13.2 Å². The molecule has 0 spiro atoms. The number of hydrogen-bond donors (Lipinski definition) is 0. The molecule has 0 saturated heterocycles. The molecule has 0 aliphatic heterocycles. The maximum atomic E-state index is 12.7. The Morgan fingerprint density at radius 2 is 1.62 bits per heavy atom. The first-order chi connectivity index (χ1) is 11.3. The van der Waals surface area contributed by atoms with Crippen LogP contribution in [-0.2, 0) is 10.0 Å². The number of carbonyl (C=O) groups is 1. The van der Waals surface area contributed by atoms with Gasteiger partial charge in [0.05, 0.1) is 17.7 Å². The van der Waals surface area contributed by atoms with Crippen molar-refractivity contribution >= 4 is 21.6 Å². The lowest BCUT2D eigenvalue weighted by Crippen LogP contribution is -2.27. The Labute approximate surface area is 142 Å². The summed E-state index contributed by atoms with van der Waals surface area (Å²) in [7, 11) is 2.54. The molecular formula is C17H20N2O4S. The Balaban J connectivity index is 2.37. The van der Waals surface area contributed by atoms with Crippen molar-refractivity contribution in [1.82, 2.24) is 4.90 Å². The van der Waals surface area contributed by atoms with E-state index in [4.69, 9.17) is 4.74 Å². The third-order valence-electron chi connectivity index (χ3n) is 3.58. The second-order valence-corrected chi connectivity index (χ2v) is 7.37. The monoisotopic (exact) mass is 348 g/mol. The molecule has 0 saturated carbocycles. The van der Waals surface area contributed by atoms with E-state index in [0.29, 0.717) is 17.0 Å². The fraction of sp³-hybridized carbons (Fsp3) is 0.235. The Morgan fingerprint density at radius 3 is 2.17 bits per heavy atom. The molecule has 7 heteroatoms. The van der Waals surface area contributed by atoms with Crippen molar-refractivity contribution in [2.24, 2.45) is 0 Å². The zero-order chi connectivity index (χ0) is 17.9. The molecule has 0 fully saturated rings. The van der Waals surface area contributed by atoms with Gasteiger partial charge in [-0.15, -0.1) is 0 Å². The Kier molecular flexibility index (Phi) is 5.14. The lowest BCUT2D eigenvalue weighted by molar-refractivity contribution is 0.0827. The highest BCUT2D eigenvalue weighted by Crippen LogP contribution is 2.24. The van der Waals surface area contributed by atoms with Crippen LogP contribution in [0.5, 0.6) is 5.75 Å². The van der Waals surface area contributed by atoms with Crippen molar-refractivity contribution in [1.29, 1.82) is 0 Å². The van der Waals surface area contributed by atoms with Crippen LogP contribution >= 0.6 is 0 Å². The van der Waals surface area contributed by atoms with Crippen LogP contribution in [0.2, 0.25) is 0 Å². The standard InChI is InChI=1S/C17H20N2O4S/c1-18(2)17(20)13-6-5-7-14(12-13)19(3)24(21,22)16-10-8-15(23-4)9-11-16/h5-12H,1-4H3. The van der Waals surface area contributed by atoms with Crippen molar-refractivity contribution in [2.45, 2.75) is 4.90 Å². The Morgan fingerprint density at radius 1 is 1.00 bits per heavy atom. The fourth-order valence-electron chi connectivity index (χ4n) is 2.14. The summed E-state index contributed by atoms with van der Waals surface area (Å²) in [5, 5.41) is 0. The average Bonchev–Trinajstić information content (AvgIpc) is 2.60. The largest absolute Gasteiger partial charge is 0.497 e. The van der Waals surface area contributed by atoms with Gasteiger partial charge in [-0.05, 0) is 42.5 Å². The maximum absolute atomic E-state index is 12.7. The third-order valence-corrected chi connectivity index (χ3v) is 5.38. The van der Waals surface area contributed by atoms with Gasteiger partial charge < -0.3 is 9.64 Å². The molecule has 128 valence electrons. The number of rotatable bonds is 5. The lowest BCUT2D eigenvalue weighted by atomic mass is 10.2. The predicted molar refractivity (Wildman–Crippen MR) is 93.0 cm³/mol. The minimum absolute atomic E-state index is 0.148. The number of benzene rings is 2. The normalized spacial score (nSPS) is 11.0. The number of methoxy groups -OCH3 is 1. The molecule has 6 nitrogen and oxygen atoms in total. The van der Waals surface area contributed by atoms with Crippen molar-refractivity contribution in [3.05, 3.63) is 54.1 Å². The summed E-state index contributed by atoms with van der Waals surface area (Å²) in [5.74, 6) is 0.391. The minimum Gasteiger partial charge on any atom is -0.497 e. The molecule has 0 aliphatic carbocycles. The summed E-state index contributed by atoms with van der Waals surface area (Å²) >= 11 is 0. The first-order valence-corrected chi connectivity index (χ1v) is 8.66. The second-order valence-electron chi connectivity index (χ2n) is 5.40. The molecular weight excluding hydrogens is 328 g/mol. The predicted octanol–water partition coefficient (Wildman–Crippen LogP) is 2.22. The van der Waals surface area contributed by atoms with Gasteiger partial charge in [-0.25, -0.2) is 8.42 Å². The SMILES string of the molecule is COc1ccc(S(=O)(=O)N(C)c2cccc(C(=O)N(C)C)c2)cc1. The highest BCUT2D eigenvalue weighted by molar-refractivity contribution is 7.92. The Bertz CT molecular complexity index is 830. The van der Waals surface area contributed by atoms with Crippen LogP contribution in [0.3, 0.4) is 0 Å². The summed E-state index contributed by atoms with van der Waals surface area (Å²) in [6.45, 7) is 0. The molecule has 24 heavy (non-hydrogen) atoms. The number of nitrogens with zero attached hydrogens (tertiary/aromatic N) is 2. The van der Waals surface area contributed by atoms with Crippen LogP contribution in [-0.4, -0.2) is 47.5 Å². The molecule has 0 aromatic heterocycles. The minimum atomic E-state index is -3.73. The van der Waals surface area contributed by atoms with E-state index in [2.05, 4.69) is 0 Å². The van der Waals surface area contributed by atoms with E-state index in [0.717, 1.165) is 4.31 Å². The van der Waals surface area contributed by atoms with Gasteiger partial charge in [0, 0.05) is 26.7 Å². The smallest absolute Gasteiger partial charge is 0.264 e. The molecule has 0 aliphatic rings. The maximum Gasteiger partial charge on any atom is 0.264 e. The van der Waals surface area contributed by atoms with Crippen molar-refractivity contribution in [3.8, 4) is 5.75 Å². The van der Waals surface area contributed by atoms with Gasteiger partial charge >= 0.3 is 0 Å². The highest BCUT2D eigenvalue weighted by Gasteiger charge is 2.22. The highest BCUT2D eigenvalue weighted by atomic mass is 32.2. The number of hydrogen-bond acceptors (Lipinski definition) is 4. The van der Waals surface area contributed by atoms with E-state index >= 15 is 0 Å². The van der Waals surface area contributed by atoms with Crippen LogP contribution < -0.4 is 9.04 Å². The van der Waals surface area contributed by atoms with Gasteiger partial charge in [0.25, 0.3) is 15.9 Å². The van der Waals surface area contributed by atoms with Gasteiger partial charge in [0.1, 0.15) is 5.75 Å². The fourth-order valence-corrected chi connectivity index (χ4v) is 3.32. The number of anilines is 1. The molecule has 0 bridgehead atoms. The van der Waals surface area contributed by atoms with Crippen LogP contribution in [0.4, 0.5) is 5.69 Å². The lowest BCUT2D eigenvalue weighted by Gasteiger charge is -2.20. The number of sulfonamides is 1. The summed E-state index contributed by atoms with van der Waals surface area (Å²) in [4.78, 5) is 13.6. The van der Waals surface area contributed by atoms with E-state index in [1.165, 1.54) is 31.2 Å². The second kappa shape index (κ2) is 6.92. The van der Waals surface area contributed by atoms with Gasteiger partial charge in [-0.2, -0.15) is 0 Å². The molecule has 0 unspecified atom stereocenters. The van der Waals surface area contributed by atoms with E-state index in [1.807, 2.05) is 0 Å². The van der Waals surface area contributed by atoms with E-state index < -0.39 is 10.0 Å². The average molecular weight is 348 g/mol. The van der Waals surface area contributed by atoms with Crippen LogP contribution in [0.15, 0.2) is 53.4 Å². The van der Waals surface area contributed by atoms with Crippen molar-refractivity contribution in [3.63, 3.8) is 0 Å². The Hall–Kier alpha value is -2.54. The summed E-state index contributed by atoms with van der Waals surface area (Å²) in [5.41, 5.74) is 0.841. The van der Waals surface area contributed by atoms with Gasteiger partial charge in [-0.1, -0.05) is 6.07 Å². The third kappa shape index (κ3) is 3.51. The van der Waals surface area contributed by atoms with Crippen molar-refractivity contribution < 1.29 is 17.9 Å². The first-order valence-electron chi connectivity index (χ1n) is 7.22. The molecule has 2 aromatic carbocycles. The van der Waals surface area contributed by atoms with E-state index in [1.54, 1.807) is 50.5 Å². The topological polar surface area (TPSA) is 66.9 Å². The molecule has 0 N–H and O–H groups in total. The van der Waals surface area contributed by atoms with Crippen LogP contribution in [0.25, 0.3) is 0 Å². The zero-order valence-corrected chi connectivity index (χ0v) is 14.9. The number of carbonyl (C=O) groups excluding carboxylic acids is 1. The molecule has 0 heterocycles. The molecule has 0 atom stereocenters. The number of ether oxygens (including phenoxy) is 1. The van der Waals surface area contributed by atoms with E-state index in [-0.39, 0.29) is 10.8 Å². The van der Waals surface area contributed by atoms with Crippen LogP contribution in [0.1, 0.15) is 10.4 Å². The molecule has 2 rings (SSSR count). The zero-order valence-electron chi connectivity index (χ0n) is 14.1. The number of amides is 1. The molecule has 0 radical (unpaired) electrons. The van der Waals surface area contributed by atoms with Gasteiger partial charge in [0.15, 0.2) is 0 Å². The summed E-state index contributed by atoms with van der Waals surface area (Å²) in [6.07, 6.45) is 0. The quantitative estimate of drug-likeness (QED) is 0.831. The summed E-state index contributed by atoms with van der Waals surface area (Å²) < 4.78 is 31.7. The summed E-state index contributed by atoms with van der Waals surface area (Å²) in [6, 6.07) is 12.7. The van der Waals surface area contributed by atoms with Gasteiger partial charge in [-0.3, -0.25) is 9.10 Å². The first kappa shape index (κ1) is 17.8. The van der Waals surface area contributed by atoms with Crippen LogP contribution in [0, 0.1) is 0 Å². The van der Waals surface area contributed by atoms with Crippen molar-refractivity contribution in [2.75, 3.05) is 32.6 Å². The molecule has 2 aromatic rings. The van der Waals surface area contributed by atoms with Gasteiger partial charge in [0.2, 0.25) is 0 Å². The molecule has 1 amide bonds.